The lowest BCUT2D eigenvalue weighted by molar-refractivity contribution is -0.126. The molecule has 0 radical (unpaired) electrons. The molecule has 1 aliphatic rings. The van der Waals surface area contributed by atoms with Gasteiger partial charge in [0.15, 0.2) is 0 Å². The van der Waals surface area contributed by atoms with Gasteiger partial charge in [-0.3, -0.25) is 4.79 Å². The number of sulfonamides is 1. The van der Waals surface area contributed by atoms with Gasteiger partial charge >= 0.3 is 0 Å². The third-order valence-corrected chi connectivity index (χ3v) is 5.94. The van der Waals surface area contributed by atoms with Crippen molar-refractivity contribution < 1.29 is 17.9 Å². The maximum atomic E-state index is 12.3. The summed E-state index contributed by atoms with van der Waals surface area (Å²) >= 11 is 6.17. The van der Waals surface area contributed by atoms with Crippen LogP contribution in [0.2, 0.25) is 5.02 Å². The van der Waals surface area contributed by atoms with Crippen LogP contribution in [0.25, 0.3) is 0 Å². The zero-order chi connectivity index (χ0) is 17.7. The molecule has 24 heavy (non-hydrogen) atoms. The van der Waals surface area contributed by atoms with E-state index in [1.54, 1.807) is 13.2 Å². The van der Waals surface area contributed by atoms with Gasteiger partial charge in [0, 0.05) is 43.2 Å². The van der Waals surface area contributed by atoms with Gasteiger partial charge in [-0.05, 0) is 18.9 Å². The molecule has 1 atom stereocenters. The summed E-state index contributed by atoms with van der Waals surface area (Å²) in [6.45, 7) is 1.09. The van der Waals surface area contributed by atoms with Crippen LogP contribution < -0.4 is 5.32 Å². The van der Waals surface area contributed by atoms with Crippen molar-refractivity contribution in [2.75, 3.05) is 33.0 Å². The molecule has 6 nitrogen and oxygen atoms in total. The number of ether oxygens (including phenoxy) is 1. The van der Waals surface area contributed by atoms with Crippen molar-refractivity contribution in [3.05, 3.63) is 34.9 Å². The number of carbonyl (C=O) groups excluding carboxylic acids is 1. The van der Waals surface area contributed by atoms with E-state index in [0.717, 1.165) is 5.56 Å². The van der Waals surface area contributed by atoms with Crippen LogP contribution in [0.1, 0.15) is 24.5 Å². The smallest absolute Gasteiger partial charge is 0.223 e. The average molecular weight is 375 g/mol. The fourth-order valence-corrected chi connectivity index (χ4v) is 3.98. The molecule has 0 bridgehead atoms. The van der Waals surface area contributed by atoms with Gasteiger partial charge in [-0.2, -0.15) is 0 Å². The van der Waals surface area contributed by atoms with Crippen LogP contribution in [-0.2, 0) is 19.6 Å². The Labute approximate surface area is 148 Å². The Kier molecular flexibility index (Phi) is 6.62. The molecule has 0 aliphatic carbocycles. The maximum absolute atomic E-state index is 12.3. The van der Waals surface area contributed by atoms with Crippen molar-refractivity contribution in [3.63, 3.8) is 0 Å². The lowest BCUT2D eigenvalue weighted by Gasteiger charge is -2.29. The summed E-state index contributed by atoms with van der Waals surface area (Å²) in [4.78, 5) is 12.3. The molecule has 0 unspecified atom stereocenters. The number of nitrogens with zero attached hydrogens (tertiary/aromatic N) is 1. The lowest BCUT2D eigenvalue weighted by atomic mass is 9.97. The van der Waals surface area contributed by atoms with Gasteiger partial charge in [0.1, 0.15) is 6.10 Å². The molecule has 1 N–H and O–H groups in total. The highest BCUT2D eigenvalue weighted by Crippen LogP contribution is 2.25. The number of hydrogen-bond acceptors (Lipinski definition) is 4. The summed E-state index contributed by atoms with van der Waals surface area (Å²) < 4.78 is 29.8. The number of hydrogen-bond donors (Lipinski definition) is 1. The third kappa shape index (κ3) is 4.92. The van der Waals surface area contributed by atoms with Gasteiger partial charge in [-0.15, -0.1) is 0 Å². The van der Waals surface area contributed by atoms with E-state index in [-0.39, 0.29) is 17.9 Å². The molecule has 1 aliphatic heterocycles. The van der Waals surface area contributed by atoms with E-state index in [2.05, 4.69) is 5.32 Å². The minimum atomic E-state index is -3.18. The van der Waals surface area contributed by atoms with Crippen molar-refractivity contribution in [2.24, 2.45) is 5.92 Å². The Morgan fingerprint density at radius 2 is 2.00 bits per heavy atom. The molecule has 1 fully saturated rings. The first-order chi connectivity index (χ1) is 11.3. The van der Waals surface area contributed by atoms with Gasteiger partial charge < -0.3 is 10.1 Å². The first-order valence-corrected chi connectivity index (χ1v) is 10.1. The summed E-state index contributed by atoms with van der Waals surface area (Å²) in [5, 5.41) is 3.49. The number of rotatable bonds is 6. The number of nitrogens with one attached hydrogen (secondary N) is 1. The molecular weight excluding hydrogens is 352 g/mol. The van der Waals surface area contributed by atoms with E-state index >= 15 is 0 Å². The molecule has 0 aromatic heterocycles. The molecule has 1 aromatic carbocycles. The van der Waals surface area contributed by atoms with Crippen molar-refractivity contribution >= 4 is 27.5 Å². The van der Waals surface area contributed by atoms with Gasteiger partial charge in [0.05, 0.1) is 6.26 Å². The number of benzene rings is 1. The maximum Gasteiger partial charge on any atom is 0.223 e. The summed E-state index contributed by atoms with van der Waals surface area (Å²) in [5.41, 5.74) is 0.828. The molecule has 2 rings (SSSR count). The molecule has 1 aromatic rings. The molecular formula is C16H23ClN2O4S. The Balaban J connectivity index is 1.88. The highest BCUT2D eigenvalue weighted by atomic mass is 35.5. The second-order valence-electron chi connectivity index (χ2n) is 5.93. The van der Waals surface area contributed by atoms with Gasteiger partial charge in [0.2, 0.25) is 15.9 Å². The zero-order valence-corrected chi connectivity index (χ0v) is 15.4. The van der Waals surface area contributed by atoms with Crippen LogP contribution in [0.15, 0.2) is 24.3 Å². The minimum Gasteiger partial charge on any atom is -0.375 e. The van der Waals surface area contributed by atoms with Crippen molar-refractivity contribution in [3.8, 4) is 0 Å². The molecule has 0 spiro atoms. The summed E-state index contributed by atoms with van der Waals surface area (Å²) in [6, 6.07) is 7.36. The van der Waals surface area contributed by atoms with Gasteiger partial charge in [-0.25, -0.2) is 12.7 Å². The second kappa shape index (κ2) is 8.29. The van der Waals surface area contributed by atoms with Crippen LogP contribution >= 0.6 is 11.6 Å². The molecule has 0 saturated carbocycles. The Bertz CT molecular complexity index is 672. The lowest BCUT2D eigenvalue weighted by Crippen LogP contribution is -2.43. The normalized spacial score (nSPS) is 18.3. The summed E-state index contributed by atoms with van der Waals surface area (Å²) in [7, 11) is -1.60. The first-order valence-electron chi connectivity index (χ1n) is 7.83. The van der Waals surface area contributed by atoms with E-state index in [9.17, 15) is 13.2 Å². The number of piperidine rings is 1. The topological polar surface area (TPSA) is 75.7 Å². The Morgan fingerprint density at radius 3 is 2.54 bits per heavy atom. The monoisotopic (exact) mass is 374 g/mol. The fraction of sp³-hybridized carbons (Fsp3) is 0.562. The summed E-state index contributed by atoms with van der Waals surface area (Å²) in [5.74, 6) is -0.246. The Morgan fingerprint density at radius 1 is 1.38 bits per heavy atom. The van der Waals surface area contributed by atoms with Crippen LogP contribution in [0.3, 0.4) is 0 Å². The van der Waals surface area contributed by atoms with E-state index in [1.807, 2.05) is 18.2 Å². The Hall–Kier alpha value is -1.15. The first kappa shape index (κ1) is 19.2. The predicted octanol–water partition coefficient (Wildman–Crippen LogP) is 1.82. The van der Waals surface area contributed by atoms with Crippen molar-refractivity contribution in [1.82, 2.24) is 9.62 Å². The van der Waals surface area contributed by atoms with Crippen molar-refractivity contribution in [1.29, 1.82) is 0 Å². The van der Waals surface area contributed by atoms with E-state index in [0.29, 0.717) is 37.5 Å². The van der Waals surface area contributed by atoms with E-state index in [4.69, 9.17) is 16.3 Å². The standard InChI is InChI=1S/C16H23ClN2O4S/c1-23-15(13-5-3-4-6-14(13)17)11-18-16(20)12-7-9-19(10-8-12)24(2,21)22/h3-6,12,15H,7-11H2,1-2H3,(H,18,20)/t15-/m0/s1. The van der Waals surface area contributed by atoms with Crippen LogP contribution in [0.4, 0.5) is 0 Å². The highest BCUT2D eigenvalue weighted by Gasteiger charge is 2.29. The third-order valence-electron chi connectivity index (χ3n) is 4.29. The number of carbonyl (C=O) groups is 1. The highest BCUT2D eigenvalue weighted by molar-refractivity contribution is 7.88. The molecule has 1 heterocycles. The van der Waals surface area contributed by atoms with Crippen LogP contribution in [0, 0.1) is 5.92 Å². The number of amides is 1. The van der Waals surface area contributed by atoms with Crippen LogP contribution in [-0.4, -0.2) is 51.6 Å². The molecule has 8 heteroatoms. The largest absolute Gasteiger partial charge is 0.375 e. The number of halogens is 1. The van der Waals surface area contributed by atoms with Gasteiger partial charge in [0.25, 0.3) is 0 Å². The second-order valence-corrected chi connectivity index (χ2v) is 8.32. The van der Waals surface area contributed by atoms with Crippen LogP contribution in [0.5, 0.6) is 0 Å². The fourth-order valence-electron chi connectivity index (χ4n) is 2.84. The number of methoxy groups -OCH3 is 1. The summed E-state index contributed by atoms with van der Waals surface area (Å²) in [6.07, 6.45) is 1.93. The zero-order valence-electron chi connectivity index (χ0n) is 13.9. The van der Waals surface area contributed by atoms with E-state index in [1.165, 1.54) is 10.6 Å². The van der Waals surface area contributed by atoms with E-state index < -0.39 is 10.0 Å². The minimum absolute atomic E-state index is 0.0720. The SMILES string of the molecule is CO[C@@H](CNC(=O)C1CCN(S(C)(=O)=O)CC1)c1ccccc1Cl. The molecule has 1 saturated heterocycles. The predicted molar refractivity (Wildman–Crippen MR) is 93.4 cm³/mol. The quantitative estimate of drug-likeness (QED) is 0.824. The average Bonchev–Trinajstić information content (AvgIpc) is 2.56. The molecule has 134 valence electrons. The van der Waals surface area contributed by atoms with Crippen molar-refractivity contribution in [2.45, 2.75) is 18.9 Å². The van der Waals surface area contributed by atoms with Gasteiger partial charge in [-0.1, -0.05) is 29.8 Å². The molecule has 1 amide bonds.